The second-order valence-electron chi connectivity index (χ2n) is 4.01. The van der Waals surface area contributed by atoms with Crippen molar-refractivity contribution in [2.24, 2.45) is 5.73 Å². The van der Waals surface area contributed by atoms with Gasteiger partial charge < -0.3 is 15.4 Å². The smallest absolute Gasteiger partial charge is 0.119 e. The van der Waals surface area contributed by atoms with Crippen LogP contribution in [0.5, 0.6) is 5.75 Å². The zero-order chi connectivity index (χ0) is 12.3. The molecular weight excluding hydrogens is 212 g/mol. The molecule has 1 rings (SSSR count). The molecular formula is C14H23N2O. The zero-order valence-corrected chi connectivity index (χ0v) is 10.7. The quantitative estimate of drug-likeness (QED) is 0.665. The summed E-state index contributed by atoms with van der Waals surface area (Å²) in [5.74, 6) is 0.918. The molecule has 0 amide bonds. The highest BCUT2D eigenvalue weighted by Gasteiger charge is 2.01. The van der Waals surface area contributed by atoms with E-state index in [1.54, 1.807) is 0 Å². The fourth-order valence-corrected chi connectivity index (χ4v) is 1.67. The predicted molar refractivity (Wildman–Crippen MR) is 71.2 cm³/mol. The van der Waals surface area contributed by atoms with Crippen molar-refractivity contribution in [1.82, 2.24) is 4.90 Å². The van der Waals surface area contributed by atoms with Gasteiger partial charge in [-0.15, -0.1) is 0 Å². The van der Waals surface area contributed by atoms with E-state index in [0.29, 0.717) is 0 Å². The SMILES string of the molecule is CCN(CCCCN)CCOc1cc[c]cc1. The Morgan fingerprint density at radius 3 is 2.65 bits per heavy atom. The maximum Gasteiger partial charge on any atom is 0.119 e. The lowest BCUT2D eigenvalue weighted by atomic mass is 10.3. The number of likely N-dealkylation sites (N-methyl/N-ethyl adjacent to an activating group) is 1. The molecule has 95 valence electrons. The van der Waals surface area contributed by atoms with Crippen LogP contribution in [0.3, 0.4) is 0 Å². The van der Waals surface area contributed by atoms with Crippen LogP contribution in [0.25, 0.3) is 0 Å². The Bertz CT molecular complexity index is 277. The molecule has 0 heterocycles. The minimum Gasteiger partial charge on any atom is -0.492 e. The molecule has 1 radical (unpaired) electrons. The van der Waals surface area contributed by atoms with E-state index in [1.807, 2.05) is 24.3 Å². The first-order chi connectivity index (χ1) is 8.36. The molecule has 0 aromatic heterocycles. The lowest BCUT2D eigenvalue weighted by Gasteiger charge is -2.20. The highest BCUT2D eigenvalue weighted by atomic mass is 16.5. The third-order valence-corrected chi connectivity index (χ3v) is 2.74. The minimum absolute atomic E-state index is 0.737. The van der Waals surface area contributed by atoms with Crippen molar-refractivity contribution in [3.8, 4) is 5.75 Å². The molecule has 0 aliphatic carbocycles. The van der Waals surface area contributed by atoms with Gasteiger partial charge in [0.05, 0.1) is 0 Å². The Morgan fingerprint density at radius 1 is 1.24 bits per heavy atom. The number of rotatable bonds is 9. The molecule has 3 nitrogen and oxygen atoms in total. The van der Waals surface area contributed by atoms with Crippen molar-refractivity contribution in [3.63, 3.8) is 0 Å². The van der Waals surface area contributed by atoms with Gasteiger partial charge in [0, 0.05) is 6.54 Å². The van der Waals surface area contributed by atoms with Crippen LogP contribution in [0.4, 0.5) is 0 Å². The molecule has 1 aromatic carbocycles. The van der Waals surface area contributed by atoms with Crippen LogP contribution in [0.15, 0.2) is 24.3 Å². The first-order valence-corrected chi connectivity index (χ1v) is 6.38. The van der Waals surface area contributed by atoms with Crippen LogP contribution >= 0.6 is 0 Å². The molecule has 0 atom stereocenters. The van der Waals surface area contributed by atoms with Gasteiger partial charge >= 0.3 is 0 Å². The number of nitrogens with two attached hydrogens (primary N) is 1. The molecule has 0 aliphatic rings. The molecule has 0 fully saturated rings. The van der Waals surface area contributed by atoms with E-state index in [0.717, 1.165) is 45.0 Å². The van der Waals surface area contributed by atoms with Gasteiger partial charge in [-0.2, -0.15) is 0 Å². The largest absolute Gasteiger partial charge is 0.492 e. The van der Waals surface area contributed by atoms with E-state index < -0.39 is 0 Å². The molecule has 1 aromatic rings. The highest BCUT2D eigenvalue weighted by molar-refractivity contribution is 5.20. The van der Waals surface area contributed by atoms with E-state index in [4.69, 9.17) is 10.5 Å². The van der Waals surface area contributed by atoms with Gasteiger partial charge in [-0.05, 0) is 50.7 Å². The van der Waals surface area contributed by atoms with E-state index in [-0.39, 0.29) is 0 Å². The molecule has 3 heteroatoms. The summed E-state index contributed by atoms with van der Waals surface area (Å²) in [7, 11) is 0. The van der Waals surface area contributed by atoms with Gasteiger partial charge in [0.25, 0.3) is 0 Å². The Hall–Kier alpha value is -1.06. The van der Waals surface area contributed by atoms with Gasteiger partial charge in [0.2, 0.25) is 0 Å². The fraction of sp³-hybridized carbons (Fsp3) is 0.571. The number of benzene rings is 1. The second kappa shape index (κ2) is 9.02. The molecule has 0 bridgehead atoms. The van der Waals surface area contributed by atoms with Crippen molar-refractivity contribution >= 4 is 0 Å². The van der Waals surface area contributed by atoms with E-state index >= 15 is 0 Å². The summed E-state index contributed by atoms with van der Waals surface area (Å²) < 4.78 is 5.66. The highest BCUT2D eigenvalue weighted by Crippen LogP contribution is 2.07. The average molecular weight is 235 g/mol. The lowest BCUT2D eigenvalue weighted by molar-refractivity contribution is 0.213. The Morgan fingerprint density at radius 2 is 2.00 bits per heavy atom. The van der Waals surface area contributed by atoms with Crippen LogP contribution in [0.1, 0.15) is 19.8 Å². The van der Waals surface area contributed by atoms with E-state index in [1.165, 1.54) is 6.42 Å². The molecule has 0 saturated heterocycles. The molecule has 0 spiro atoms. The molecule has 0 saturated carbocycles. The number of nitrogens with zero attached hydrogens (tertiary/aromatic N) is 1. The summed E-state index contributed by atoms with van der Waals surface area (Å²) in [6.07, 6.45) is 2.27. The van der Waals surface area contributed by atoms with Gasteiger partial charge in [0.1, 0.15) is 12.4 Å². The molecule has 0 unspecified atom stereocenters. The van der Waals surface area contributed by atoms with Gasteiger partial charge in [-0.3, -0.25) is 0 Å². The average Bonchev–Trinajstić information content (AvgIpc) is 2.38. The van der Waals surface area contributed by atoms with Gasteiger partial charge in [-0.1, -0.05) is 19.1 Å². The summed E-state index contributed by atoms with van der Waals surface area (Å²) in [5.41, 5.74) is 5.49. The first kappa shape index (κ1) is 14.0. The van der Waals surface area contributed by atoms with Crippen LogP contribution in [0.2, 0.25) is 0 Å². The summed E-state index contributed by atoms with van der Waals surface area (Å²) in [5, 5.41) is 0. The molecule has 0 aliphatic heterocycles. The Labute approximate surface area is 105 Å². The van der Waals surface area contributed by atoms with Crippen LogP contribution in [-0.4, -0.2) is 37.7 Å². The standard InChI is InChI=1S/C14H23N2O/c1-2-16(11-7-6-10-15)12-13-17-14-8-4-3-5-9-14/h4-5,8-9H,2,6-7,10-13,15H2,1H3. The molecule has 17 heavy (non-hydrogen) atoms. The van der Waals surface area contributed by atoms with E-state index in [2.05, 4.69) is 17.9 Å². The summed E-state index contributed by atoms with van der Waals surface area (Å²) in [6, 6.07) is 10.6. The van der Waals surface area contributed by atoms with Crippen molar-refractivity contribution in [2.45, 2.75) is 19.8 Å². The van der Waals surface area contributed by atoms with E-state index in [9.17, 15) is 0 Å². The van der Waals surface area contributed by atoms with Crippen LogP contribution in [-0.2, 0) is 0 Å². The van der Waals surface area contributed by atoms with Gasteiger partial charge in [-0.25, -0.2) is 0 Å². The lowest BCUT2D eigenvalue weighted by Crippen LogP contribution is -2.29. The third-order valence-electron chi connectivity index (χ3n) is 2.74. The zero-order valence-electron chi connectivity index (χ0n) is 10.7. The maximum atomic E-state index is 5.66. The number of hydrogen-bond donors (Lipinski definition) is 1. The monoisotopic (exact) mass is 235 g/mol. The normalized spacial score (nSPS) is 10.8. The fourth-order valence-electron chi connectivity index (χ4n) is 1.67. The number of ether oxygens (including phenoxy) is 1. The molecule has 2 N–H and O–H groups in total. The predicted octanol–water partition coefficient (Wildman–Crippen LogP) is 1.93. The summed E-state index contributed by atoms with van der Waals surface area (Å²) in [4.78, 5) is 2.39. The minimum atomic E-state index is 0.737. The third kappa shape index (κ3) is 6.29. The number of unbranched alkanes of at least 4 members (excludes halogenated alkanes) is 1. The topological polar surface area (TPSA) is 38.5 Å². The Balaban J connectivity index is 2.15. The van der Waals surface area contributed by atoms with Crippen molar-refractivity contribution < 1.29 is 4.74 Å². The summed E-state index contributed by atoms with van der Waals surface area (Å²) in [6.45, 7) is 6.85. The summed E-state index contributed by atoms with van der Waals surface area (Å²) >= 11 is 0. The van der Waals surface area contributed by atoms with Crippen molar-refractivity contribution in [1.29, 1.82) is 0 Å². The van der Waals surface area contributed by atoms with Crippen LogP contribution in [0, 0.1) is 6.07 Å². The second-order valence-corrected chi connectivity index (χ2v) is 4.01. The van der Waals surface area contributed by atoms with Gasteiger partial charge in [0.15, 0.2) is 0 Å². The van der Waals surface area contributed by atoms with Crippen LogP contribution < -0.4 is 10.5 Å². The maximum absolute atomic E-state index is 5.66. The first-order valence-electron chi connectivity index (χ1n) is 6.38. The Kier molecular flexibility index (Phi) is 7.43. The van der Waals surface area contributed by atoms with Crippen molar-refractivity contribution in [3.05, 3.63) is 30.3 Å². The van der Waals surface area contributed by atoms with Crippen molar-refractivity contribution in [2.75, 3.05) is 32.8 Å². The number of hydrogen-bond acceptors (Lipinski definition) is 3.